The van der Waals surface area contributed by atoms with E-state index in [0.717, 1.165) is 0 Å². The summed E-state index contributed by atoms with van der Waals surface area (Å²) < 4.78 is 22.3. The van der Waals surface area contributed by atoms with Crippen LogP contribution in [0.5, 0.6) is 0 Å². The summed E-state index contributed by atoms with van der Waals surface area (Å²) in [4.78, 5) is 0. The first-order valence-electron chi connectivity index (χ1n) is 1.42. The van der Waals surface area contributed by atoms with E-state index in [4.69, 9.17) is 23.2 Å². The van der Waals surface area contributed by atoms with Crippen molar-refractivity contribution in [3.05, 3.63) is 10.6 Å². The highest BCUT2D eigenvalue weighted by Crippen LogP contribution is 2.12. The molecule has 42 valence electrons. The van der Waals surface area contributed by atoms with Gasteiger partial charge in [0, 0.05) is 5.54 Å². The molecule has 0 radical (unpaired) electrons. The van der Waals surface area contributed by atoms with Crippen LogP contribution in [0, 0.1) is 0 Å². The van der Waals surface area contributed by atoms with Crippen molar-refractivity contribution in [2.24, 2.45) is 0 Å². The van der Waals surface area contributed by atoms with Crippen LogP contribution >= 0.6 is 23.2 Å². The van der Waals surface area contributed by atoms with E-state index in [0.29, 0.717) is 5.54 Å². The molecule has 0 heterocycles. The van der Waals surface area contributed by atoms with Gasteiger partial charge in [-0.05, 0) is 0 Å². The van der Waals surface area contributed by atoms with Gasteiger partial charge in [-0.1, -0.05) is 23.2 Å². The number of rotatable bonds is 1. The average molecular weight is 147 g/mol. The summed E-state index contributed by atoms with van der Waals surface area (Å²) in [5.41, 5.74) is 0.645. The minimum Gasteiger partial charge on any atom is -0.204 e. The van der Waals surface area contributed by atoms with Crippen molar-refractivity contribution < 1.29 is 8.78 Å². The molecule has 0 fully saturated rings. The molecule has 0 aliphatic heterocycles. The molecule has 0 rings (SSSR count). The third kappa shape index (κ3) is 2.83. The van der Waals surface area contributed by atoms with E-state index in [1.165, 1.54) is 0 Å². The minimum atomic E-state index is -2.64. The smallest absolute Gasteiger partial charge is 0.204 e. The normalized spacial score (nSPS) is 13.0. The Hall–Kier alpha value is 0.180. The van der Waals surface area contributed by atoms with E-state index in [1.807, 2.05) is 0 Å². The second kappa shape index (κ2) is 3.22. The van der Waals surface area contributed by atoms with Crippen LogP contribution in [0.15, 0.2) is 10.6 Å². The van der Waals surface area contributed by atoms with Crippen LogP contribution in [-0.4, -0.2) is 6.43 Å². The fraction of sp³-hybridized carbons (Fsp3) is 0.333. The second-order valence-corrected chi connectivity index (χ2v) is 1.45. The first-order valence-corrected chi connectivity index (χ1v) is 2.24. The maximum atomic E-state index is 11.1. The number of alkyl halides is 2. The molecule has 0 unspecified atom stereocenters. The van der Waals surface area contributed by atoms with Gasteiger partial charge in [-0.15, -0.1) is 0 Å². The van der Waals surface area contributed by atoms with E-state index < -0.39 is 11.5 Å². The highest BCUT2D eigenvalue weighted by molar-refractivity contribution is 6.36. The quantitative estimate of drug-likeness (QED) is 0.534. The Balaban J connectivity index is 3.56. The molecule has 0 aromatic carbocycles. The summed E-state index contributed by atoms with van der Waals surface area (Å²) >= 11 is 9.55. The Morgan fingerprint density at radius 3 is 2.00 bits per heavy atom. The Bertz CT molecular complexity index is 79.0. The Kier molecular flexibility index (Phi) is 3.30. The van der Waals surface area contributed by atoms with Gasteiger partial charge in [-0.3, -0.25) is 0 Å². The van der Waals surface area contributed by atoms with Gasteiger partial charge in [0.15, 0.2) is 0 Å². The standard InChI is InChI=1S/C3H2Cl2F2/c4-1-2(5)3(6)7/h1,3H/b2-1-. The Morgan fingerprint density at radius 1 is 1.57 bits per heavy atom. The molecule has 0 aliphatic rings. The zero-order chi connectivity index (χ0) is 5.86. The van der Waals surface area contributed by atoms with Gasteiger partial charge in [0.05, 0.1) is 5.03 Å². The van der Waals surface area contributed by atoms with Crippen LogP contribution in [-0.2, 0) is 0 Å². The van der Waals surface area contributed by atoms with Crippen LogP contribution in [0.25, 0.3) is 0 Å². The van der Waals surface area contributed by atoms with Gasteiger partial charge in [0.25, 0.3) is 6.43 Å². The number of allylic oxidation sites excluding steroid dienone is 1. The first-order chi connectivity index (χ1) is 3.18. The van der Waals surface area contributed by atoms with E-state index in [-0.39, 0.29) is 0 Å². The highest BCUT2D eigenvalue weighted by atomic mass is 35.5. The van der Waals surface area contributed by atoms with Gasteiger partial charge in [-0.2, -0.15) is 0 Å². The number of hydrogen-bond acceptors (Lipinski definition) is 0. The van der Waals surface area contributed by atoms with Crippen molar-refractivity contribution >= 4 is 23.2 Å². The lowest BCUT2D eigenvalue weighted by atomic mass is 10.7. The molecule has 4 heteroatoms. The molecular formula is C3H2Cl2F2. The molecule has 0 saturated carbocycles. The lowest BCUT2D eigenvalue weighted by molar-refractivity contribution is 0.199. The van der Waals surface area contributed by atoms with E-state index in [9.17, 15) is 8.78 Å². The third-order valence-electron chi connectivity index (χ3n) is 0.313. The van der Waals surface area contributed by atoms with Crippen LogP contribution in [0.2, 0.25) is 0 Å². The first kappa shape index (κ1) is 7.18. The SMILES string of the molecule is FC(F)/C(Cl)=C/Cl. The molecule has 0 spiro atoms. The van der Waals surface area contributed by atoms with E-state index in [2.05, 4.69) is 0 Å². The van der Waals surface area contributed by atoms with E-state index in [1.54, 1.807) is 0 Å². The fourth-order valence-electron chi connectivity index (χ4n) is 0.0476. The van der Waals surface area contributed by atoms with Crippen molar-refractivity contribution in [2.45, 2.75) is 6.43 Å². The van der Waals surface area contributed by atoms with Crippen molar-refractivity contribution in [3.8, 4) is 0 Å². The molecule has 0 aromatic rings. The van der Waals surface area contributed by atoms with Crippen molar-refractivity contribution in [1.29, 1.82) is 0 Å². The lowest BCUT2D eigenvalue weighted by Gasteiger charge is -1.88. The van der Waals surface area contributed by atoms with Gasteiger partial charge in [0.2, 0.25) is 0 Å². The molecular weight excluding hydrogens is 145 g/mol. The third-order valence-corrected chi connectivity index (χ3v) is 0.934. The van der Waals surface area contributed by atoms with Crippen LogP contribution < -0.4 is 0 Å². The summed E-state index contributed by atoms with van der Waals surface area (Å²) in [6.07, 6.45) is -2.64. The summed E-state index contributed by atoms with van der Waals surface area (Å²) in [6, 6.07) is 0. The molecule has 0 bridgehead atoms. The lowest BCUT2D eigenvalue weighted by Crippen LogP contribution is -1.85. The number of hydrogen-bond donors (Lipinski definition) is 0. The molecule has 0 aromatic heterocycles. The molecule has 0 amide bonds. The molecule has 7 heavy (non-hydrogen) atoms. The van der Waals surface area contributed by atoms with Crippen molar-refractivity contribution in [1.82, 2.24) is 0 Å². The molecule has 0 saturated heterocycles. The highest BCUT2D eigenvalue weighted by Gasteiger charge is 2.04. The molecule has 0 nitrogen and oxygen atoms in total. The predicted octanol–water partition coefficient (Wildman–Crippen LogP) is 2.57. The zero-order valence-electron chi connectivity index (χ0n) is 3.17. The Morgan fingerprint density at radius 2 is 2.00 bits per heavy atom. The van der Waals surface area contributed by atoms with Gasteiger partial charge < -0.3 is 0 Å². The molecule has 0 aliphatic carbocycles. The van der Waals surface area contributed by atoms with E-state index >= 15 is 0 Å². The average Bonchev–Trinajstić information content (AvgIpc) is 1.65. The number of halogens is 4. The Labute approximate surface area is 49.7 Å². The van der Waals surface area contributed by atoms with Crippen molar-refractivity contribution in [3.63, 3.8) is 0 Å². The van der Waals surface area contributed by atoms with Gasteiger partial charge >= 0.3 is 0 Å². The van der Waals surface area contributed by atoms with Gasteiger partial charge in [-0.25, -0.2) is 8.78 Å². The maximum absolute atomic E-state index is 11.1. The fourth-order valence-corrected chi connectivity index (χ4v) is 0.143. The molecule has 0 atom stereocenters. The monoisotopic (exact) mass is 146 g/mol. The topological polar surface area (TPSA) is 0 Å². The zero-order valence-corrected chi connectivity index (χ0v) is 4.68. The second-order valence-electron chi connectivity index (χ2n) is 0.795. The van der Waals surface area contributed by atoms with Gasteiger partial charge in [0.1, 0.15) is 0 Å². The van der Waals surface area contributed by atoms with Crippen LogP contribution in [0.1, 0.15) is 0 Å². The largest absolute Gasteiger partial charge is 0.275 e. The predicted molar refractivity (Wildman–Crippen MR) is 25.8 cm³/mol. The molecule has 0 N–H and O–H groups in total. The van der Waals surface area contributed by atoms with Crippen LogP contribution in [0.4, 0.5) is 8.78 Å². The summed E-state index contributed by atoms with van der Waals surface area (Å²) in [5, 5.41) is -0.623. The maximum Gasteiger partial charge on any atom is 0.275 e. The summed E-state index contributed by atoms with van der Waals surface area (Å²) in [7, 11) is 0. The summed E-state index contributed by atoms with van der Waals surface area (Å²) in [6.45, 7) is 0. The van der Waals surface area contributed by atoms with Crippen LogP contribution in [0.3, 0.4) is 0 Å². The minimum absolute atomic E-state index is 0.623. The van der Waals surface area contributed by atoms with Crippen molar-refractivity contribution in [2.75, 3.05) is 0 Å². The summed E-state index contributed by atoms with van der Waals surface area (Å²) in [5.74, 6) is 0.